The van der Waals surface area contributed by atoms with Gasteiger partial charge >= 0.3 is 6.09 Å². The number of anilines is 1. The Balaban J connectivity index is 1.92. The van der Waals surface area contributed by atoms with E-state index in [0.717, 1.165) is 29.3 Å². The van der Waals surface area contributed by atoms with Crippen molar-refractivity contribution in [2.24, 2.45) is 5.92 Å². The Hall–Kier alpha value is -2.74. The van der Waals surface area contributed by atoms with Crippen LogP contribution >= 0.6 is 11.3 Å². The van der Waals surface area contributed by atoms with E-state index in [1.807, 2.05) is 0 Å². The summed E-state index contributed by atoms with van der Waals surface area (Å²) in [5.41, 5.74) is 1.28. The van der Waals surface area contributed by atoms with Crippen LogP contribution in [0.1, 0.15) is 51.4 Å². The Kier molecular flexibility index (Phi) is 6.08. The largest absolute Gasteiger partial charge is 0.450 e. The molecule has 1 atom stereocenters. The van der Waals surface area contributed by atoms with Crippen molar-refractivity contribution in [2.75, 3.05) is 11.9 Å². The second-order valence-electron chi connectivity index (χ2n) is 6.69. The van der Waals surface area contributed by atoms with Crippen LogP contribution in [0.15, 0.2) is 24.3 Å². The summed E-state index contributed by atoms with van der Waals surface area (Å²) in [6.07, 6.45) is 1.57. The fraction of sp³-hybridized carbons (Fsp3) is 0.350. The van der Waals surface area contributed by atoms with Gasteiger partial charge in [0, 0.05) is 10.4 Å². The van der Waals surface area contributed by atoms with E-state index in [1.165, 1.54) is 29.5 Å². The molecule has 148 valence electrons. The number of halogens is 1. The molecule has 3 rings (SSSR count). The topological polar surface area (TPSA) is 84.5 Å². The fourth-order valence-electron chi connectivity index (χ4n) is 3.21. The van der Waals surface area contributed by atoms with Crippen LogP contribution in [-0.2, 0) is 17.6 Å². The molecule has 0 fully saturated rings. The Labute approximate surface area is 166 Å². The lowest BCUT2D eigenvalue weighted by molar-refractivity contribution is 0.0925. The number of fused-ring (bicyclic) bond motifs is 1. The highest BCUT2D eigenvalue weighted by molar-refractivity contribution is 7.17. The van der Waals surface area contributed by atoms with Crippen molar-refractivity contribution in [3.05, 3.63) is 51.7 Å². The van der Waals surface area contributed by atoms with Crippen LogP contribution in [-0.4, -0.2) is 24.5 Å². The number of hydrogen-bond donors (Lipinski definition) is 2. The van der Waals surface area contributed by atoms with E-state index in [-0.39, 0.29) is 17.7 Å². The van der Waals surface area contributed by atoms with Crippen LogP contribution in [0.4, 0.5) is 14.2 Å². The summed E-state index contributed by atoms with van der Waals surface area (Å²) in [4.78, 5) is 38.0. The number of imide groups is 1. The summed E-state index contributed by atoms with van der Waals surface area (Å²) < 4.78 is 18.2. The molecule has 6 nitrogen and oxygen atoms in total. The number of alkyl carbamates (subject to hydrolysis) is 1. The third-order valence-corrected chi connectivity index (χ3v) is 5.71. The number of carbonyl (C=O) groups is 3. The van der Waals surface area contributed by atoms with Gasteiger partial charge in [0.1, 0.15) is 10.8 Å². The van der Waals surface area contributed by atoms with E-state index in [0.29, 0.717) is 17.3 Å². The number of benzene rings is 1. The van der Waals surface area contributed by atoms with Gasteiger partial charge in [0.15, 0.2) is 0 Å². The molecule has 0 radical (unpaired) electrons. The maximum atomic E-state index is 13.4. The molecule has 0 unspecified atom stereocenters. The number of carbonyl (C=O) groups excluding carboxylic acids is 3. The molecule has 1 aromatic carbocycles. The third kappa shape index (κ3) is 4.39. The van der Waals surface area contributed by atoms with E-state index < -0.39 is 23.7 Å². The average Bonchev–Trinajstić information content (AvgIpc) is 2.98. The minimum Gasteiger partial charge on any atom is -0.450 e. The second kappa shape index (κ2) is 8.52. The predicted octanol–water partition coefficient (Wildman–Crippen LogP) is 4.15. The van der Waals surface area contributed by atoms with Crippen LogP contribution < -0.4 is 10.6 Å². The molecule has 0 spiro atoms. The van der Waals surface area contributed by atoms with Crippen molar-refractivity contribution in [1.82, 2.24) is 5.32 Å². The summed E-state index contributed by atoms with van der Waals surface area (Å²) in [5.74, 6) is -1.18. The van der Waals surface area contributed by atoms with Crippen molar-refractivity contribution in [3.63, 3.8) is 0 Å². The molecule has 2 N–H and O–H groups in total. The molecule has 8 heteroatoms. The lowest BCUT2D eigenvalue weighted by Gasteiger charge is -2.18. The van der Waals surface area contributed by atoms with E-state index in [4.69, 9.17) is 4.74 Å². The van der Waals surface area contributed by atoms with Crippen LogP contribution in [0.5, 0.6) is 0 Å². The van der Waals surface area contributed by atoms with Gasteiger partial charge in [0.25, 0.3) is 11.8 Å². The lowest BCUT2D eigenvalue weighted by atomic mass is 9.88. The van der Waals surface area contributed by atoms with Gasteiger partial charge in [-0.25, -0.2) is 9.18 Å². The summed E-state index contributed by atoms with van der Waals surface area (Å²) >= 11 is 1.32. The number of nitrogens with one attached hydrogen (secondary N) is 2. The minimum absolute atomic E-state index is 0.140. The number of amides is 3. The van der Waals surface area contributed by atoms with Gasteiger partial charge in [-0.3, -0.25) is 14.9 Å². The van der Waals surface area contributed by atoms with Gasteiger partial charge in [-0.05, 0) is 55.9 Å². The SMILES string of the molecule is CCOC(=O)NC(=O)c1c(NC(=O)c2cccc(F)c2)sc2c1CC[C@@H](C)C2. The molecule has 1 aliphatic rings. The molecule has 0 bridgehead atoms. The van der Waals surface area contributed by atoms with Gasteiger partial charge in [-0.15, -0.1) is 11.3 Å². The maximum absolute atomic E-state index is 13.4. The Bertz CT molecular complexity index is 925. The van der Waals surface area contributed by atoms with Crippen LogP contribution in [0.2, 0.25) is 0 Å². The Morgan fingerprint density at radius 2 is 2.07 bits per heavy atom. The van der Waals surface area contributed by atoms with Crippen molar-refractivity contribution in [3.8, 4) is 0 Å². The predicted molar refractivity (Wildman–Crippen MR) is 104 cm³/mol. The summed E-state index contributed by atoms with van der Waals surface area (Å²) in [6, 6.07) is 5.32. The first-order valence-corrected chi connectivity index (χ1v) is 9.90. The quantitative estimate of drug-likeness (QED) is 0.802. The highest BCUT2D eigenvalue weighted by Gasteiger charge is 2.29. The smallest absolute Gasteiger partial charge is 0.414 e. The molecule has 3 amide bonds. The molecule has 1 aromatic heterocycles. The lowest BCUT2D eigenvalue weighted by Crippen LogP contribution is -2.32. The van der Waals surface area contributed by atoms with Crippen molar-refractivity contribution in [1.29, 1.82) is 0 Å². The zero-order valence-corrected chi connectivity index (χ0v) is 16.5. The van der Waals surface area contributed by atoms with Crippen LogP contribution in [0.3, 0.4) is 0 Å². The molecule has 1 heterocycles. The molecule has 0 saturated heterocycles. The summed E-state index contributed by atoms with van der Waals surface area (Å²) in [7, 11) is 0. The number of thiophene rings is 1. The minimum atomic E-state index is -0.834. The third-order valence-electron chi connectivity index (χ3n) is 4.54. The first-order valence-electron chi connectivity index (χ1n) is 9.08. The van der Waals surface area contributed by atoms with Gasteiger partial charge in [0.2, 0.25) is 0 Å². The maximum Gasteiger partial charge on any atom is 0.414 e. The molecule has 1 aliphatic carbocycles. The standard InChI is InChI=1S/C20H21FN2O4S/c1-3-27-20(26)23-18(25)16-14-8-7-11(2)9-15(14)28-19(16)22-17(24)12-5-4-6-13(21)10-12/h4-6,10-11H,3,7-9H2,1-2H3,(H,22,24)(H,23,25,26)/t11-/m1/s1. The summed E-state index contributed by atoms with van der Waals surface area (Å²) in [6.45, 7) is 3.91. The first-order chi connectivity index (χ1) is 13.4. The van der Waals surface area contributed by atoms with Crippen molar-refractivity contribution < 1.29 is 23.5 Å². The molecule has 0 aliphatic heterocycles. The highest BCUT2D eigenvalue weighted by atomic mass is 32.1. The molecule has 2 aromatic rings. The van der Waals surface area contributed by atoms with E-state index in [9.17, 15) is 18.8 Å². The first kappa shape index (κ1) is 20.0. The van der Waals surface area contributed by atoms with Crippen LogP contribution in [0, 0.1) is 11.7 Å². The zero-order chi connectivity index (χ0) is 20.3. The Morgan fingerprint density at radius 1 is 1.29 bits per heavy atom. The van der Waals surface area contributed by atoms with Gasteiger partial charge < -0.3 is 10.1 Å². The van der Waals surface area contributed by atoms with Crippen LogP contribution in [0.25, 0.3) is 0 Å². The van der Waals surface area contributed by atoms with E-state index in [1.54, 1.807) is 6.92 Å². The molecular weight excluding hydrogens is 383 g/mol. The van der Waals surface area contributed by atoms with E-state index >= 15 is 0 Å². The normalized spacial score (nSPS) is 15.5. The average molecular weight is 404 g/mol. The zero-order valence-electron chi connectivity index (χ0n) is 15.6. The monoisotopic (exact) mass is 404 g/mol. The second-order valence-corrected chi connectivity index (χ2v) is 7.80. The van der Waals surface area contributed by atoms with Gasteiger partial charge in [0.05, 0.1) is 12.2 Å². The van der Waals surface area contributed by atoms with Gasteiger partial charge in [-0.2, -0.15) is 0 Å². The molecular formula is C20H21FN2O4S. The highest BCUT2D eigenvalue weighted by Crippen LogP contribution is 2.39. The van der Waals surface area contributed by atoms with E-state index in [2.05, 4.69) is 17.6 Å². The summed E-state index contributed by atoms with van der Waals surface area (Å²) in [5, 5.41) is 5.27. The van der Waals surface area contributed by atoms with Gasteiger partial charge in [-0.1, -0.05) is 13.0 Å². The fourth-order valence-corrected chi connectivity index (χ4v) is 4.61. The molecule has 28 heavy (non-hydrogen) atoms. The Morgan fingerprint density at radius 3 is 2.79 bits per heavy atom. The number of rotatable bonds is 4. The number of ether oxygens (including phenoxy) is 1. The van der Waals surface area contributed by atoms with Crippen molar-refractivity contribution >= 4 is 34.2 Å². The molecule has 0 saturated carbocycles. The number of hydrogen-bond acceptors (Lipinski definition) is 5. The van der Waals surface area contributed by atoms with Crippen molar-refractivity contribution in [2.45, 2.75) is 33.1 Å².